The van der Waals surface area contributed by atoms with Crippen LogP contribution in [0.3, 0.4) is 0 Å². The van der Waals surface area contributed by atoms with E-state index in [-0.39, 0.29) is 5.91 Å². The largest absolute Gasteiger partial charge is 0.497 e. The van der Waals surface area contributed by atoms with Crippen LogP contribution < -0.4 is 9.64 Å². The zero-order valence-electron chi connectivity index (χ0n) is 17.5. The summed E-state index contributed by atoms with van der Waals surface area (Å²) < 4.78 is 5.35. The van der Waals surface area contributed by atoms with Crippen LogP contribution in [0.1, 0.15) is 15.9 Å². The molecule has 1 saturated heterocycles. The number of piperazine rings is 1. The number of methoxy groups -OCH3 is 1. The van der Waals surface area contributed by atoms with Gasteiger partial charge >= 0.3 is 0 Å². The third kappa shape index (κ3) is 3.37. The molecule has 2 aliphatic rings. The van der Waals surface area contributed by atoms with Gasteiger partial charge in [0.15, 0.2) is 0 Å². The van der Waals surface area contributed by atoms with Gasteiger partial charge in [0.05, 0.1) is 12.6 Å². The zero-order chi connectivity index (χ0) is 20.7. The molecule has 3 aromatic rings. The van der Waals surface area contributed by atoms with E-state index in [9.17, 15) is 4.79 Å². The van der Waals surface area contributed by atoms with Crippen LogP contribution >= 0.6 is 0 Å². The Labute approximate surface area is 176 Å². The molecule has 0 saturated carbocycles. The number of carbonyl (C=O) groups is 1. The zero-order valence-corrected chi connectivity index (χ0v) is 17.5. The molecule has 30 heavy (non-hydrogen) atoms. The van der Waals surface area contributed by atoms with Gasteiger partial charge in [-0.1, -0.05) is 0 Å². The lowest BCUT2D eigenvalue weighted by molar-refractivity contribution is 0.0664. The fourth-order valence-corrected chi connectivity index (χ4v) is 4.29. The summed E-state index contributed by atoms with van der Waals surface area (Å²) in [5, 5.41) is 1.13. The molecule has 154 valence electrons. The summed E-state index contributed by atoms with van der Waals surface area (Å²) in [5.74, 6) is 1.92. The number of anilines is 2. The van der Waals surface area contributed by atoms with E-state index in [2.05, 4.69) is 29.0 Å². The predicted octanol–water partition coefficient (Wildman–Crippen LogP) is 3.33. The van der Waals surface area contributed by atoms with Crippen molar-refractivity contribution in [1.29, 1.82) is 0 Å². The van der Waals surface area contributed by atoms with Gasteiger partial charge in [-0.3, -0.25) is 4.79 Å². The van der Waals surface area contributed by atoms with Gasteiger partial charge in [-0.2, -0.15) is 0 Å². The Hall–Kier alpha value is -3.12. The van der Waals surface area contributed by atoms with E-state index >= 15 is 0 Å². The fraction of sp³-hybridized carbons (Fsp3) is 0.333. The first kappa shape index (κ1) is 18.9. The maximum absolute atomic E-state index is 12.8. The highest BCUT2D eigenvalue weighted by Crippen LogP contribution is 2.35. The number of likely N-dealkylation sites (N-methyl/N-ethyl adjacent to an activating group) is 1. The Kier molecular flexibility index (Phi) is 4.79. The van der Waals surface area contributed by atoms with Crippen LogP contribution in [0.25, 0.3) is 10.9 Å². The third-order valence-corrected chi connectivity index (χ3v) is 6.16. The molecule has 0 spiro atoms. The first-order valence-corrected chi connectivity index (χ1v) is 10.5. The van der Waals surface area contributed by atoms with Gasteiger partial charge in [-0.15, -0.1) is 0 Å². The second-order valence-electron chi connectivity index (χ2n) is 8.07. The van der Waals surface area contributed by atoms with Gasteiger partial charge in [0.25, 0.3) is 5.91 Å². The van der Waals surface area contributed by atoms with Crippen molar-refractivity contribution in [3.8, 4) is 5.75 Å². The fourth-order valence-electron chi connectivity index (χ4n) is 4.29. The van der Waals surface area contributed by atoms with Gasteiger partial charge in [0.2, 0.25) is 0 Å². The van der Waals surface area contributed by atoms with Crippen LogP contribution in [-0.4, -0.2) is 67.6 Å². The van der Waals surface area contributed by atoms with Crippen LogP contribution in [0, 0.1) is 0 Å². The molecule has 0 bridgehead atoms. The molecule has 0 atom stereocenters. The number of nitrogens with zero attached hydrogens (tertiary/aromatic N) is 4. The number of pyridine rings is 1. The first-order valence-electron chi connectivity index (χ1n) is 10.5. The number of amides is 1. The minimum absolute atomic E-state index is 0.118. The molecule has 0 aliphatic carbocycles. The highest BCUT2D eigenvalue weighted by molar-refractivity contribution is 5.95. The van der Waals surface area contributed by atoms with Gasteiger partial charge in [0, 0.05) is 55.4 Å². The Balaban J connectivity index is 1.39. The topological polar surface area (TPSA) is 48.9 Å². The number of carbonyl (C=O) groups excluding carboxylic acids is 1. The van der Waals surface area contributed by atoms with Crippen molar-refractivity contribution in [3.63, 3.8) is 0 Å². The Morgan fingerprint density at radius 1 is 0.967 bits per heavy atom. The van der Waals surface area contributed by atoms with Crippen LogP contribution in [0.5, 0.6) is 5.75 Å². The lowest BCUT2D eigenvalue weighted by atomic mass is 10.1. The molecule has 6 nitrogen and oxygen atoms in total. The van der Waals surface area contributed by atoms with E-state index in [4.69, 9.17) is 9.72 Å². The molecule has 0 N–H and O–H groups in total. The average Bonchev–Trinajstić information content (AvgIpc) is 3.20. The molecule has 0 unspecified atom stereocenters. The van der Waals surface area contributed by atoms with Crippen LogP contribution in [0.2, 0.25) is 0 Å². The van der Waals surface area contributed by atoms with E-state index < -0.39 is 0 Å². The first-order chi connectivity index (χ1) is 14.6. The smallest absolute Gasteiger partial charge is 0.253 e. The molecule has 1 fully saturated rings. The summed E-state index contributed by atoms with van der Waals surface area (Å²) in [7, 11) is 3.77. The standard InChI is InChI=1S/C24H26N4O2/c1-26-11-13-27(14-12-26)24(29)17-3-6-20(7-4-17)28-10-9-19-15-18-5-8-21(30-2)16-22(18)25-23(19)28/h3-8,15-16H,9-14H2,1-2H3. The van der Waals surface area contributed by atoms with E-state index in [1.807, 2.05) is 41.3 Å². The highest BCUT2D eigenvalue weighted by atomic mass is 16.5. The van der Waals surface area contributed by atoms with Gasteiger partial charge in [-0.25, -0.2) is 4.98 Å². The number of fused-ring (bicyclic) bond motifs is 2. The maximum Gasteiger partial charge on any atom is 0.253 e. The summed E-state index contributed by atoms with van der Waals surface area (Å²) in [6.07, 6.45) is 0.965. The Morgan fingerprint density at radius 3 is 2.47 bits per heavy atom. The molecular formula is C24H26N4O2. The number of hydrogen-bond donors (Lipinski definition) is 0. The monoisotopic (exact) mass is 402 g/mol. The Morgan fingerprint density at radius 2 is 1.73 bits per heavy atom. The van der Waals surface area contributed by atoms with Crippen molar-refractivity contribution in [2.24, 2.45) is 0 Å². The summed E-state index contributed by atoms with van der Waals surface area (Å²) in [6.45, 7) is 4.33. The van der Waals surface area contributed by atoms with Crippen molar-refractivity contribution in [3.05, 3.63) is 59.7 Å². The predicted molar refractivity (Wildman–Crippen MR) is 119 cm³/mol. The molecule has 0 radical (unpaired) electrons. The van der Waals surface area contributed by atoms with Gasteiger partial charge in [0.1, 0.15) is 11.6 Å². The number of aromatic nitrogens is 1. The molecule has 6 heteroatoms. The molecule has 1 aromatic heterocycles. The normalized spacial score (nSPS) is 16.7. The number of rotatable bonds is 3. The highest BCUT2D eigenvalue weighted by Gasteiger charge is 2.24. The maximum atomic E-state index is 12.8. The lowest BCUT2D eigenvalue weighted by Gasteiger charge is -2.32. The number of ether oxygens (including phenoxy) is 1. The van der Waals surface area contributed by atoms with Crippen molar-refractivity contribution in [2.75, 3.05) is 51.8 Å². The molecule has 3 heterocycles. The number of hydrogen-bond acceptors (Lipinski definition) is 5. The van der Waals surface area contributed by atoms with Crippen molar-refractivity contribution in [1.82, 2.24) is 14.8 Å². The average molecular weight is 402 g/mol. The van der Waals surface area contributed by atoms with Crippen LogP contribution in [0.4, 0.5) is 11.5 Å². The molecule has 2 aromatic carbocycles. The van der Waals surface area contributed by atoms with Crippen molar-refractivity contribution >= 4 is 28.3 Å². The molecule has 2 aliphatic heterocycles. The van der Waals surface area contributed by atoms with Crippen molar-refractivity contribution < 1.29 is 9.53 Å². The quantitative estimate of drug-likeness (QED) is 0.673. The minimum Gasteiger partial charge on any atom is -0.497 e. The van der Waals surface area contributed by atoms with E-state index in [0.29, 0.717) is 0 Å². The van der Waals surface area contributed by atoms with E-state index in [1.165, 1.54) is 5.56 Å². The van der Waals surface area contributed by atoms with E-state index in [0.717, 1.165) is 72.9 Å². The third-order valence-electron chi connectivity index (χ3n) is 6.16. The van der Waals surface area contributed by atoms with Gasteiger partial charge in [-0.05, 0) is 61.5 Å². The minimum atomic E-state index is 0.118. The molecule has 1 amide bonds. The summed E-state index contributed by atoms with van der Waals surface area (Å²) in [4.78, 5) is 24.2. The second kappa shape index (κ2) is 7.61. The van der Waals surface area contributed by atoms with Gasteiger partial charge < -0.3 is 19.4 Å². The van der Waals surface area contributed by atoms with Crippen LogP contribution in [0.15, 0.2) is 48.5 Å². The summed E-state index contributed by atoms with van der Waals surface area (Å²) in [5.41, 5.74) is 4.00. The second-order valence-corrected chi connectivity index (χ2v) is 8.07. The summed E-state index contributed by atoms with van der Waals surface area (Å²) in [6, 6.07) is 16.2. The van der Waals surface area contributed by atoms with Crippen molar-refractivity contribution in [2.45, 2.75) is 6.42 Å². The molecular weight excluding hydrogens is 376 g/mol. The SMILES string of the molecule is COc1ccc2cc3c(nc2c1)N(c1ccc(C(=O)N2CCN(C)CC2)cc1)CC3. The Bertz CT molecular complexity index is 1090. The number of benzene rings is 2. The van der Waals surface area contributed by atoms with Crippen LogP contribution in [-0.2, 0) is 6.42 Å². The lowest BCUT2D eigenvalue weighted by Crippen LogP contribution is -2.47. The molecule has 5 rings (SSSR count). The van der Waals surface area contributed by atoms with E-state index in [1.54, 1.807) is 7.11 Å². The summed E-state index contributed by atoms with van der Waals surface area (Å²) >= 11 is 0.